The minimum atomic E-state index is -1.20. The zero-order valence-corrected chi connectivity index (χ0v) is 32.0. The molecule has 2 fully saturated rings. The lowest BCUT2D eigenvalue weighted by Crippen LogP contribution is -2.58. The first kappa shape index (κ1) is 41.8. The van der Waals surface area contributed by atoms with E-state index in [4.69, 9.17) is 17.2 Å². The molecular weight excluding hydrogens is 733 g/mol. The number of hydrogen-bond donors (Lipinski definition) is 8. The van der Waals surface area contributed by atoms with Crippen LogP contribution in [-0.2, 0) is 36.8 Å². The van der Waals surface area contributed by atoms with Gasteiger partial charge in [0.05, 0.1) is 0 Å². The Labute approximate surface area is 330 Å². The number of benzene rings is 3. The van der Waals surface area contributed by atoms with Gasteiger partial charge in [-0.3, -0.25) is 29.0 Å². The summed E-state index contributed by atoms with van der Waals surface area (Å²) < 4.78 is 0. The molecule has 0 saturated carbocycles. The lowest BCUT2D eigenvalue weighted by molar-refractivity contribution is -0.144. The van der Waals surface area contributed by atoms with Gasteiger partial charge in [0.25, 0.3) is 0 Å². The zero-order chi connectivity index (χ0) is 41.1. The average molecular weight is 785 g/mol. The van der Waals surface area contributed by atoms with E-state index >= 15 is 0 Å². The molecule has 2 saturated heterocycles. The standard InChI is InChI=1S/C40H52N10O7/c1-49-32(10-5-18-44-39(41)42)35(53)48-31(23-25-12-15-26-7-2-3-8-27(26)21-25)38(56)50-20-6-11-33(50)36(54)47-30(22-24-13-16-28(51)17-14-24)34(52)46-29(37(49)55)9-4-19-45-40(43)57/h2-3,7-8,12-17,21,29-33,51H,4-6,9-11,18-20,22-23H2,1H3,(H,46,52)(H,47,54)(H,48,53)(H4,41,42,44)(H3,43,45,57)/t29-,30+,31-,32-,33-/m0/s1. The molecule has 0 radical (unpaired) electrons. The van der Waals surface area contributed by atoms with Crippen LogP contribution < -0.4 is 38.5 Å². The number of guanidine groups is 1. The molecule has 2 heterocycles. The van der Waals surface area contributed by atoms with Crippen LogP contribution in [0.15, 0.2) is 71.7 Å². The Morgan fingerprint density at radius 1 is 0.789 bits per heavy atom. The molecule has 0 bridgehead atoms. The predicted molar refractivity (Wildman–Crippen MR) is 213 cm³/mol. The maximum atomic E-state index is 14.6. The van der Waals surface area contributed by atoms with E-state index in [0.29, 0.717) is 18.4 Å². The SMILES string of the molecule is CN1C(=O)[C@H](CCCNC(N)=O)NC(=O)[C@@H](Cc2ccc(O)cc2)NC(=O)[C@@H]2CCCN2C(=O)[C@H](Cc2ccc3ccccc3c2)NC(=O)[C@@H]1CCCN=C(N)N. The van der Waals surface area contributed by atoms with Crippen LogP contribution in [0.2, 0.25) is 0 Å². The molecule has 0 aromatic heterocycles. The minimum Gasteiger partial charge on any atom is -0.508 e. The molecule has 17 nitrogen and oxygen atoms in total. The Kier molecular flexibility index (Phi) is 14.3. The average Bonchev–Trinajstić information content (AvgIpc) is 3.68. The monoisotopic (exact) mass is 784 g/mol. The van der Waals surface area contributed by atoms with E-state index in [-0.39, 0.29) is 69.9 Å². The van der Waals surface area contributed by atoms with Gasteiger partial charge in [0.1, 0.15) is 36.0 Å². The van der Waals surface area contributed by atoms with E-state index in [1.807, 2.05) is 42.5 Å². The third-order valence-electron chi connectivity index (χ3n) is 10.3. The van der Waals surface area contributed by atoms with Gasteiger partial charge in [0.15, 0.2) is 5.96 Å². The Bertz CT molecular complexity index is 1970. The topological polar surface area (TPSA) is 268 Å². The largest absolute Gasteiger partial charge is 0.508 e. The molecule has 0 spiro atoms. The lowest BCUT2D eigenvalue weighted by atomic mass is 9.99. The summed E-state index contributed by atoms with van der Waals surface area (Å²) in [6, 6.07) is 13.3. The third-order valence-corrected chi connectivity index (χ3v) is 10.3. The molecule has 5 rings (SSSR count). The van der Waals surface area contributed by atoms with E-state index < -0.39 is 65.8 Å². The summed E-state index contributed by atoms with van der Waals surface area (Å²) in [6.45, 7) is 0.511. The summed E-state index contributed by atoms with van der Waals surface area (Å²) in [4.78, 5) is 89.8. The van der Waals surface area contributed by atoms with Gasteiger partial charge in [0, 0.05) is 39.5 Å². The number of phenolic OH excluding ortho intramolecular Hbond substituents is 1. The van der Waals surface area contributed by atoms with Crippen molar-refractivity contribution < 1.29 is 33.9 Å². The second kappa shape index (κ2) is 19.5. The van der Waals surface area contributed by atoms with Crippen LogP contribution in [0.3, 0.4) is 0 Å². The molecule has 3 aromatic rings. The van der Waals surface area contributed by atoms with Crippen molar-refractivity contribution in [2.75, 3.05) is 26.7 Å². The van der Waals surface area contributed by atoms with Crippen molar-refractivity contribution in [2.24, 2.45) is 22.2 Å². The molecule has 17 heteroatoms. The molecule has 57 heavy (non-hydrogen) atoms. The van der Waals surface area contributed by atoms with Gasteiger partial charge in [-0.25, -0.2) is 4.79 Å². The fourth-order valence-electron chi connectivity index (χ4n) is 7.36. The van der Waals surface area contributed by atoms with Gasteiger partial charge in [-0.1, -0.05) is 54.6 Å². The number of amides is 7. The van der Waals surface area contributed by atoms with Crippen LogP contribution in [0.5, 0.6) is 5.75 Å². The van der Waals surface area contributed by atoms with Crippen molar-refractivity contribution in [1.29, 1.82) is 0 Å². The normalized spacial score (nSPS) is 22.1. The number of nitrogens with zero attached hydrogens (tertiary/aromatic N) is 3. The smallest absolute Gasteiger partial charge is 0.312 e. The minimum absolute atomic E-state index is 0.00343. The number of hydrogen-bond acceptors (Lipinski definition) is 8. The van der Waals surface area contributed by atoms with Crippen LogP contribution in [0.1, 0.15) is 49.7 Å². The van der Waals surface area contributed by atoms with Crippen molar-refractivity contribution in [3.05, 3.63) is 77.9 Å². The maximum Gasteiger partial charge on any atom is 0.312 e. The second-order valence-corrected chi connectivity index (χ2v) is 14.5. The number of urea groups is 1. The van der Waals surface area contributed by atoms with Crippen molar-refractivity contribution in [3.8, 4) is 5.75 Å². The van der Waals surface area contributed by atoms with E-state index in [0.717, 1.165) is 16.3 Å². The number of nitrogens with one attached hydrogen (secondary N) is 4. The van der Waals surface area contributed by atoms with Crippen molar-refractivity contribution in [1.82, 2.24) is 31.1 Å². The van der Waals surface area contributed by atoms with Crippen LogP contribution >= 0.6 is 0 Å². The van der Waals surface area contributed by atoms with Crippen LogP contribution in [0.25, 0.3) is 10.8 Å². The number of carbonyl (C=O) groups is 6. The molecule has 5 atom stereocenters. The fourth-order valence-corrected chi connectivity index (χ4v) is 7.36. The highest BCUT2D eigenvalue weighted by Crippen LogP contribution is 2.23. The van der Waals surface area contributed by atoms with Gasteiger partial charge in [-0.15, -0.1) is 0 Å². The Morgan fingerprint density at radius 2 is 1.46 bits per heavy atom. The third kappa shape index (κ3) is 11.3. The highest BCUT2D eigenvalue weighted by Gasteiger charge is 2.41. The van der Waals surface area contributed by atoms with Crippen molar-refractivity contribution in [3.63, 3.8) is 0 Å². The summed E-state index contributed by atoms with van der Waals surface area (Å²) in [7, 11) is 1.44. The van der Waals surface area contributed by atoms with Gasteiger partial charge in [-0.05, 0) is 72.6 Å². The maximum absolute atomic E-state index is 14.6. The molecule has 2 aliphatic rings. The van der Waals surface area contributed by atoms with E-state index in [1.165, 1.54) is 29.0 Å². The van der Waals surface area contributed by atoms with Crippen molar-refractivity contribution >= 4 is 52.3 Å². The number of aliphatic imine (C=N–C) groups is 1. The number of rotatable bonds is 12. The van der Waals surface area contributed by atoms with E-state index in [2.05, 4.69) is 26.3 Å². The van der Waals surface area contributed by atoms with Gasteiger partial charge < -0.3 is 53.4 Å². The highest BCUT2D eigenvalue weighted by atomic mass is 16.3. The van der Waals surface area contributed by atoms with Crippen molar-refractivity contribution in [2.45, 2.75) is 81.6 Å². The Balaban J connectivity index is 1.55. The summed E-state index contributed by atoms with van der Waals surface area (Å²) in [6.07, 6.45) is 1.58. The number of phenols is 1. The summed E-state index contributed by atoms with van der Waals surface area (Å²) >= 11 is 0. The molecular formula is C40H52N10O7. The molecule has 304 valence electrons. The zero-order valence-electron chi connectivity index (χ0n) is 32.0. The van der Waals surface area contributed by atoms with E-state index in [9.17, 15) is 33.9 Å². The summed E-state index contributed by atoms with van der Waals surface area (Å²) in [5.74, 6) is -3.07. The number of carbonyl (C=O) groups excluding carboxylic acids is 6. The number of primary amides is 1. The van der Waals surface area contributed by atoms with E-state index in [1.54, 1.807) is 12.1 Å². The quantitative estimate of drug-likeness (QED) is 0.0703. The molecule has 11 N–H and O–H groups in total. The molecule has 2 aliphatic heterocycles. The fraction of sp³-hybridized carbons (Fsp3) is 0.425. The lowest BCUT2D eigenvalue weighted by Gasteiger charge is -2.33. The predicted octanol–water partition coefficient (Wildman–Crippen LogP) is 0.119. The molecule has 0 unspecified atom stereocenters. The number of fused-ring (bicyclic) bond motifs is 2. The number of nitrogens with two attached hydrogens (primary N) is 3. The second-order valence-electron chi connectivity index (χ2n) is 14.5. The molecule has 0 aliphatic carbocycles. The first-order valence-electron chi connectivity index (χ1n) is 19.1. The van der Waals surface area contributed by atoms with Crippen LogP contribution in [-0.4, -0.2) is 113 Å². The van der Waals surface area contributed by atoms with Crippen LogP contribution in [0, 0.1) is 0 Å². The van der Waals surface area contributed by atoms with Gasteiger partial charge in [0.2, 0.25) is 29.5 Å². The Hall–Kier alpha value is -6.39. The van der Waals surface area contributed by atoms with Gasteiger partial charge in [-0.2, -0.15) is 0 Å². The number of aromatic hydroxyl groups is 1. The van der Waals surface area contributed by atoms with Crippen LogP contribution in [0.4, 0.5) is 4.79 Å². The first-order chi connectivity index (χ1) is 27.3. The number of likely N-dealkylation sites (N-methyl/N-ethyl adjacent to an activating group) is 1. The molecule has 3 aromatic carbocycles. The molecule has 7 amide bonds. The highest BCUT2D eigenvalue weighted by molar-refractivity contribution is 5.98. The summed E-state index contributed by atoms with van der Waals surface area (Å²) in [5.41, 5.74) is 17.7. The summed E-state index contributed by atoms with van der Waals surface area (Å²) in [5, 5.41) is 22.9. The van der Waals surface area contributed by atoms with Gasteiger partial charge >= 0.3 is 6.03 Å². The Morgan fingerprint density at radius 3 is 2.18 bits per heavy atom. The first-order valence-corrected chi connectivity index (χ1v) is 19.1.